The number of carbonyl (C=O) groups excluding carboxylic acids is 1. The first-order chi connectivity index (χ1) is 13.6. The molecular weight excluding hydrogens is 388 g/mol. The molecular formula is C22H30N2O4S. The first kappa shape index (κ1) is 22.7. The number of methoxy groups -OCH3 is 1. The molecule has 2 aromatic carbocycles. The average molecular weight is 419 g/mol. The highest BCUT2D eigenvalue weighted by molar-refractivity contribution is 7.92. The SMILES string of the molecule is CCS(=O)(=O)Nc1ccc(C(=O)NC(C)c2cc(C(C)C)c(OC)cc2C)cc1. The molecule has 2 N–H and O–H groups in total. The molecule has 0 fully saturated rings. The van der Waals surface area contributed by atoms with E-state index >= 15 is 0 Å². The Balaban J connectivity index is 2.17. The van der Waals surface area contributed by atoms with Gasteiger partial charge in [0.2, 0.25) is 10.0 Å². The van der Waals surface area contributed by atoms with E-state index in [9.17, 15) is 13.2 Å². The second-order valence-electron chi connectivity index (χ2n) is 7.38. The third kappa shape index (κ3) is 5.73. The third-order valence-electron chi connectivity index (χ3n) is 4.85. The standard InChI is InChI=1S/C22H30N2O4S/c1-7-29(26,27)24-18-10-8-17(9-11-18)22(25)23-16(5)20-13-19(14(2)3)21(28-6)12-15(20)4/h8-14,16,24H,7H2,1-6H3,(H,23,25). The smallest absolute Gasteiger partial charge is 0.251 e. The predicted molar refractivity (Wildman–Crippen MR) is 117 cm³/mol. The van der Waals surface area contributed by atoms with Gasteiger partial charge in [0.1, 0.15) is 5.75 Å². The first-order valence-electron chi connectivity index (χ1n) is 9.67. The number of aryl methyl sites for hydroxylation is 1. The third-order valence-corrected chi connectivity index (χ3v) is 6.16. The van der Waals surface area contributed by atoms with Crippen molar-refractivity contribution in [1.29, 1.82) is 0 Å². The zero-order chi connectivity index (χ0) is 21.8. The molecule has 0 bridgehead atoms. The van der Waals surface area contributed by atoms with E-state index < -0.39 is 10.0 Å². The average Bonchev–Trinajstić information content (AvgIpc) is 2.67. The molecule has 0 aliphatic carbocycles. The van der Waals surface area contributed by atoms with Gasteiger partial charge in [-0.15, -0.1) is 0 Å². The molecule has 0 spiro atoms. The quantitative estimate of drug-likeness (QED) is 0.666. The van der Waals surface area contributed by atoms with Crippen molar-refractivity contribution in [2.24, 2.45) is 0 Å². The minimum absolute atomic E-state index is 0.00761. The lowest BCUT2D eigenvalue weighted by Crippen LogP contribution is -2.27. The molecule has 158 valence electrons. The second-order valence-corrected chi connectivity index (χ2v) is 9.39. The van der Waals surface area contributed by atoms with E-state index in [-0.39, 0.29) is 17.7 Å². The number of hydrogen-bond donors (Lipinski definition) is 2. The number of benzene rings is 2. The fourth-order valence-electron chi connectivity index (χ4n) is 3.11. The maximum absolute atomic E-state index is 12.7. The molecule has 0 aliphatic rings. The van der Waals surface area contributed by atoms with Gasteiger partial charge in [0.25, 0.3) is 5.91 Å². The van der Waals surface area contributed by atoms with Crippen molar-refractivity contribution in [3.8, 4) is 5.75 Å². The lowest BCUT2D eigenvalue weighted by Gasteiger charge is -2.21. The van der Waals surface area contributed by atoms with Crippen LogP contribution in [0.2, 0.25) is 0 Å². The van der Waals surface area contributed by atoms with Gasteiger partial charge in [-0.2, -0.15) is 0 Å². The number of carbonyl (C=O) groups is 1. The fraction of sp³-hybridized carbons (Fsp3) is 0.409. The summed E-state index contributed by atoms with van der Waals surface area (Å²) in [7, 11) is -1.68. The maximum Gasteiger partial charge on any atom is 0.251 e. The Bertz CT molecular complexity index is 967. The van der Waals surface area contributed by atoms with Crippen LogP contribution >= 0.6 is 0 Å². The van der Waals surface area contributed by atoms with Crippen molar-refractivity contribution in [2.45, 2.75) is 46.6 Å². The van der Waals surface area contributed by atoms with Gasteiger partial charge in [0.05, 0.1) is 18.9 Å². The van der Waals surface area contributed by atoms with Crippen molar-refractivity contribution >= 4 is 21.6 Å². The van der Waals surface area contributed by atoms with Crippen molar-refractivity contribution in [3.63, 3.8) is 0 Å². The van der Waals surface area contributed by atoms with E-state index in [1.807, 2.05) is 19.9 Å². The van der Waals surface area contributed by atoms with Crippen LogP contribution in [-0.4, -0.2) is 27.2 Å². The second kappa shape index (κ2) is 9.31. The van der Waals surface area contributed by atoms with Crippen LogP contribution in [0.3, 0.4) is 0 Å². The Kier molecular flexibility index (Phi) is 7.30. The number of nitrogens with one attached hydrogen (secondary N) is 2. The van der Waals surface area contributed by atoms with Gasteiger partial charge < -0.3 is 10.1 Å². The predicted octanol–water partition coefficient (Wildman–Crippen LogP) is 4.38. The summed E-state index contributed by atoms with van der Waals surface area (Å²) in [6.45, 7) is 9.72. The Morgan fingerprint density at radius 2 is 1.69 bits per heavy atom. The molecule has 29 heavy (non-hydrogen) atoms. The van der Waals surface area contributed by atoms with Crippen molar-refractivity contribution in [3.05, 3.63) is 58.7 Å². The maximum atomic E-state index is 12.7. The number of sulfonamides is 1. The number of amides is 1. The van der Waals surface area contributed by atoms with E-state index in [4.69, 9.17) is 4.74 Å². The van der Waals surface area contributed by atoms with E-state index in [2.05, 4.69) is 30.0 Å². The van der Waals surface area contributed by atoms with Crippen molar-refractivity contribution < 1.29 is 17.9 Å². The normalized spacial score (nSPS) is 12.5. The van der Waals surface area contributed by atoms with Crippen LogP contribution in [0, 0.1) is 6.92 Å². The molecule has 7 heteroatoms. The molecule has 1 amide bonds. The van der Waals surface area contributed by atoms with Gasteiger partial charge in [-0.25, -0.2) is 8.42 Å². The summed E-state index contributed by atoms with van der Waals surface area (Å²) >= 11 is 0. The van der Waals surface area contributed by atoms with Crippen LogP contribution in [0.5, 0.6) is 5.75 Å². The Morgan fingerprint density at radius 3 is 2.21 bits per heavy atom. The van der Waals surface area contributed by atoms with Crippen LogP contribution in [0.4, 0.5) is 5.69 Å². The van der Waals surface area contributed by atoms with Crippen LogP contribution in [0.1, 0.15) is 66.7 Å². The molecule has 2 aromatic rings. The summed E-state index contributed by atoms with van der Waals surface area (Å²) in [5.74, 6) is 0.923. The number of hydrogen-bond acceptors (Lipinski definition) is 4. The molecule has 0 saturated carbocycles. The highest BCUT2D eigenvalue weighted by Crippen LogP contribution is 2.32. The lowest BCUT2D eigenvalue weighted by molar-refractivity contribution is 0.0940. The molecule has 1 unspecified atom stereocenters. The first-order valence-corrected chi connectivity index (χ1v) is 11.3. The van der Waals surface area contributed by atoms with Crippen LogP contribution < -0.4 is 14.8 Å². The molecule has 6 nitrogen and oxygen atoms in total. The molecule has 1 atom stereocenters. The van der Waals surface area contributed by atoms with Crippen molar-refractivity contribution in [2.75, 3.05) is 17.6 Å². The summed E-state index contributed by atoms with van der Waals surface area (Å²) in [4.78, 5) is 12.7. The Hall–Kier alpha value is -2.54. The van der Waals surface area contributed by atoms with Crippen LogP contribution in [-0.2, 0) is 10.0 Å². The summed E-state index contributed by atoms with van der Waals surface area (Å²) in [6.07, 6.45) is 0. The number of rotatable bonds is 8. The number of anilines is 1. The topological polar surface area (TPSA) is 84.5 Å². The zero-order valence-electron chi connectivity index (χ0n) is 17.9. The summed E-state index contributed by atoms with van der Waals surface area (Å²) in [5.41, 5.74) is 4.08. The fourth-order valence-corrected chi connectivity index (χ4v) is 3.75. The van der Waals surface area contributed by atoms with Gasteiger partial charge in [-0.1, -0.05) is 13.8 Å². The van der Waals surface area contributed by atoms with Gasteiger partial charge in [-0.05, 0) is 79.8 Å². The minimum atomic E-state index is -3.34. The zero-order valence-corrected chi connectivity index (χ0v) is 18.7. The number of ether oxygens (including phenoxy) is 1. The molecule has 0 aromatic heterocycles. The van der Waals surface area contributed by atoms with Gasteiger partial charge in [0, 0.05) is 11.3 Å². The Morgan fingerprint density at radius 1 is 1.07 bits per heavy atom. The summed E-state index contributed by atoms with van der Waals surface area (Å²) < 4.78 is 31.2. The monoisotopic (exact) mass is 418 g/mol. The van der Waals surface area contributed by atoms with Gasteiger partial charge >= 0.3 is 0 Å². The summed E-state index contributed by atoms with van der Waals surface area (Å²) in [6, 6.07) is 10.3. The van der Waals surface area contributed by atoms with Crippen LogP contribution in [0.15, 0.2) is 36.4 Å². The van der Waals surface area contributed by atoms with Gasteiger partial charge in [0.15, 0.2) is 0 Å². The van der Waals surface area contributed by atoms with E-state index in [1.54, 1.807) is 38.3 Å². The molecule has 2 rings (SSSR count). The molecule has 0 heterocycles. The van der Waals surface area contributed by atoms with E-state index in [1.165, 1.54) is 0 Å². The summed E-state index contributed by atoms with van der Waals surface area (Å²) in [5, 5.41) is 3.02. The molecule has 0 radical (unpaired) electrons. The highest BCUT2D eigenvalue weighted by Gasteiger charge is 2.17. The largest absolute Gasteiger partial charge is 0.496 e. The van der Waals surface area contributed by atoms with Gasteiger partial charge in [-0.3, -0.25) is 9.52 Å². The Labute approximate surface area is 173 Å². The van der Waals surface area contributed by atoms with E-state index in [0.717, 1.165) is 22.4 Å². The molecule has 0 aliphatic heterocycles. The minimum Gasteiger partial charge on any atom is -0.496 e. The molecule has 0 saturated heterocycles. The van der Waals surface area contributed by atoms with Crippen LogP contribution in [0.25, 0.3) is 0 Å². The lowest BCUT2D eigenvalue weighted by atomic mass is 9.93. The van der Waals surface area contributed by atoms with Crippen molar-refractivity contribution in [1.82, 2.24) is 5.32 Å². The van der Waals surface area contributed by atoms with E-state index in [0.29, 0.717) is 17.2 Å². The highest BCUT2D eigenvalue weighted by atomic mass is 32.2.